The van der Waals surface area contributed by atoms with E-state index >= 15 is 0 Å². The lowest BCUT2D eigenvalue weighted by Crippen LogP contribution is -2.09. The van der Waals surface area contributed by atoms with Crippen LogP contribution in [-0.4, -0.2) is 13.3 Å². The Kier molecular flexibility index (Phi) is 5.39. The van der Waals surface area contributed by atoms with Crippen molar-refractivity contribution in [3.05, 3.63) is 109 Å². The molecule has 4 aromatic rings. The molecule has 0 heterocycles. The average molecular weight is 377 g/mol. The van der Waals surface area contributed by atoms with Gasteiger partial charge in [-0.2, -0.15) is 5.10 Å². The molecule has 3 nitrogen and oxygen atoms in total. The van der Waals surface area contributed by atoms with Gasteiger partial charge in [-0.05, 0) is 28.8 Å². The van der Waals surface area contributed by atoms with Gasteiger partial charge in [-0.25, -0.2) is 0 Å². The van der Waals surface area contributed by atoms with E-state index in [1.54, 1.807) is 0 Å². The van der Waals surface area contributed by atoms with E-state index in [1.807, 2.05) is 91.1 Å². The van der Waals surface area contributed by atoms with Gasteiger partial charge in [0.05, 0.1) is 11.9 Å². The highest BCUT2D eigenvalue weighted by molar-refractivity contribution is 6.00. The van der Waals surface area contributed by atoms with Gasteiger partial charge in [0.1, 0.15) is 0 Å². The molecule has 0 radical (unpaired) electrons. The number of anilines is 2. The molecule has 0 aliphatic heterocycles. The molecule has 0 saturated heterocycles. The molecule has 29 heavy (non-hydrogen) atoms. The van der Waals surface area contributed by atoms with Crippen LogP contribution in [0.5, 0.6) is 0 Å². The van der Waals surface area contributed by atoms with Crippen molar-refractivity contribution in [3.8, 4) is 22.3 Å². The molecule has 2 N–H and O–H groups in total. The molecule has 0 amide bonds. The summed E-state index contributed by atoms with van der Waals surface area (Å²) in [6.07, 6.45) is 1.82. The molecule has 0 aliphatic carbocycles. The third kappa shape index (κ3) is 4.04. The summed E-state index contributed by atoms with van der Waals surface area (Å²) in [5, 5.41) is 6.43. The third-order valence-electron chi connectivity index (χ3n) is 4.93. The summed E-state index contributed by atoms with van der Waals surface area (Å²) in [6, 6.07) is 34.8. The lowest BCUT2D eigenvalue weighted by Gasteiger charge is -2.16. The van der Waals surface area contributed by atoms with Crippen LogP contribution in [0.15, 0.2) is 108 Å². The van der Waals surface area contributed by atoms with Crippen LogP contribution in [0.25, 0.3) is 22.3 Å². The van der Waals surface area contributed by atoms with E-state index in [2.05, 4.69) is 35.4 Å². The zero-order valence-corrected chi connectivity index (χ0v) is 16.4. The third-order valence-corrected chi connectivity index (χ3v) is 4.93. The Morgan fingerprint density at radius 3 is 1.86 bits per heavy atom. The van der Waals surface area contributed by atoms with E-state index in [9.17, 15) is 0 Å². The summed E-state index contributed by atoms with van der Waals surface area (Å²) >= 11 is 0. The Morgan fingerprint density at radius 1 is 0.690 bits per heavy atom. The zero-order valence-electron chi connectivity index (χ0n) is 16.4. The molecule has 3 heteroatoms. The van der Waals surface area contributed by atoms with Crippen molar-refractivity contribution in [3.63, 3.8) is 0 Å². The fourth-order valence-electron chi connectivity index (χ4n) is 3.38. The predicted molar refractivity (Wildman–Crippen MR) is 124 cm³/mol. The van der Waals surface area contributed by atoms with E-state index in [-0.39, 0.29) is 0 Å². The summed E-state index contributed by atoms with van der Waals surface area (Å²) in [4.78, 5) is 0. The molecule has 0 aromatic heterocycles. The second kappa shape index (κ2) is 8.44. The minimum atomic E-state index is 0.725. The van der Waals surface area contributed by atoms with Crippen LogP contribution in [0.2, 0.25) is 0 Å². The number of hydrogen-bond donors (Lipinski definition) is 1. The fraction of sp³-hybridized carbons (Fsp3) is 0.0385. The molecule has 4 rings (SSSR count). The maximum Gasteiger partial charge on any atom is 0.0590 e. The summed E-state index contributed by atoms with van der Waals surface area (Å²) in [5.74, 6) is 0. The Bertz CT molecular complexity index is 1100. The topological polar surface area (TPSA) is 41.6 Å². The van der Waals surface area contributed by atoms with Crippen LogP contribution in [0.3, 0.4) is 0 Å². The van der Waals surface area contributed by atoms with Gasteiger partial charge in [-0.3, -0.25) is 5.01 Å². The molecule has 0 aliphatic rings. The minimum absolute atomic E-state index is 0.725. The van der Waals surface area contributed by atoms with Gasteiger partial charge in [-0.1, -0.05) is 91.0 Å². The first kappa shape index (κ1) is 18.5. The van der Waals surface area contributed by atoms with Crippen molar-refractivity contribution in [2.75, 3.05) is 17.8 Å². The van der Waals surface area contributed by atoms with Gasteiger partial charge >= 0.3 is 0 Å². The summed E-state index contributed by atoms with van der Waals surface area (Å²) in [7, 11) is 1.93. The molecule has 142 valence electrons. The smallest absolute Gasteiger partial charge is 0.0590 e. The van der Waals surface area contributed by atoms with Crippen LogP contribution in [0, 0.1) is 0 Å². The zero-order chi connectivity index (χ0) is 20.1. The van der Waals surface area contributed by atoms with Crippen molar-refractivity contribution in [1.29, 1.82) is 0 Å². The molecule has 0 unspecified atom stereocenters. The molecule has 0 spiro atoms. The standard InChI is InChI=1S/C26H23N3/c1-29(23-15-9-4-10-16-23)28-19-22-17-18-24(20-11-5-2-6-12-20)25(26(22)27)21-13-7-3-8-14-21/h2-19H,27H2,1H3. The fourth-order valence-corrected chi connectivity index (χ4v) is 3.38. The quantitative estimate of drug-likeness (QED) is 0.260. The molecule has 0 bridgehead atoms. The number of nitrogen functional groups attached to an aromatic ring is 1. The molecule has 4 aromatic carbocycles. The second-order valence-electron chi connectivity index (χ2n) is 6.83. The van der Waals surface area contributed by atoms with Gasteiger partial charge in [-0.15, -0.1) is 0 Å². The first-order chi connectivity index (χ1) is 14.2. The molecule has 0 atom stereocenters. The lowest BCUT2D eigenvalue weighted by molar-refractivity contribution is 1.02. The average Bonchev–Trinajstić information content (AvgIpc) is 2.79. The number of benzene rings is 4. The SMILES string of the molecule is CN(N=Cc1ccc(-c2ccccc2)c(-c2ccccc2)c1N)c1ccccc1. The van der Waals surface area contributed by atoms with Gasteiger partial charge < -0.3 is 5.73 Å². The van der Waals surface area contributed by atoms with E-state index in [1.165, 1.54) is 0 Å². The predicted octanol–water partition coefficient (Wildman–Crippen LogP) is 6.07. The Balaban J connectivity index is 1.78. The van der Waals surface area contributed by atoms with Crippen molar-refractivity contribution >= 4 is 17.6 Å². The van der Waals surface area contributed by atoms with E-state index < -0.39 is 0 Å². The molecular weight excluding hydrogens is 354 g/mol. The van der Waals surface area contributed by atoms with Gasteiger partial charge in [0.15, 0.2) is 0 Å². The highest BCUT2D eigenvalue weighted by Crippen LogP contribution is 2.38. The maximum atomic E-state index is 6.67. The van der Waals surface area contributed by atoms with Gasteiger partial charge in [0.25, 0.3) is 0 Å². The lowest BCUT2D eigenvalue weighted by atomic mass is 9.91. The van der Waals surface area contributed by atoms with Gasteiger partial charge in [0.2, 0.25) is 0 Å². The number of rotatable bonds is 5. The molecule has 0 fully saturated rings. The highest BCUT2D eigenvalue weighted by atomic mass is 15.4. The molecule has 0 saturated carbocycles. The Hall–Kier alpha value is -3.85. The van der Waals surface area contributed by atoms with Crippen molar-refractivity contribution in [2.45, 2.75) is 0 Å². The summed E-state index contributed by atoms with van der Waals surface area (Å²) in [5.41, 5.74) is 13.7. The largest absolute Gasteiger partial charge is 0.398 e. The van der Waals surface area contributed by atoms with Crippen LogP contribution in [0.1, 0.15) is 5.56 Å². The molecular formula is C26H23N3. The van der Waals surface area contributed by atoms with Crippen LogP contribution in [0.4, 0.5) is 11.4 Å². The van der Waals surface area contributed by atoms with Crippen molar-refractivity contribution in [2.24, 2.45) is 5.10 Å². The first-order valence-corrected chi connectivity index (χ1v) is 9.60. The van der Waals surface area contributed by atoms with Crippen LogP contribution < -0.4 is 10.7 Å². The monoisotopic (exact) mass is 377 g/mol. The van der Waals surface area contributed by atoms with E-state index in [0.717, 1.165) is 39.2 Å². The number of hydrazone groups is 1. The number of hydrogen-bond acceptors (Lipinski definition) is 3. The van der Waals surface area contributed by atoms with Crippen molar-refractivity contribution < 1.29 is 0 Å². The van der Waals surface area contributed by atoms with E-state index in [0.29, 0.717) is 0 Å². The minimum Gasteiger partial charge on any atom is -0.398 e. The van der Waals surface area contributed by atoms with E-state index in [4.69, 9.17) is 5.73 Å². The first-order valence-electron chi connectivity index (χ1n) is 9.60. The summed E-state index contributed by atoms with van der Waals surface area (Å²) in [6.45, 7) is 0. The normalized spacial score (nSPS) is 10.9. The summed E-state index contributed by atoms with van der Waals surface area (Å²) < 4.78 is 0. The van der Waals surface area contributed by atoms with Gasteiger partial charge in [0, 0.05) is 23.9 Å². The Labute approximate surface area is 171 Å². The highest BCUT2D eigenvalue weighted by Gasteiger charge is 2.13. The van der Waals surface area contributed by atoms with Crippen LogP contribution >= 0.6 is 0 Å². The number of para-hydroxylation sites is 1. The van der Waals surface area contributed by atoms with Crippen molar-refractivity contribution in [1.82, 2.24) is 0 Å². The second-order valence-corrected chi connectivity index (χ2v) is 6.83. The Morgan fingerprint density at radius 2 is 1.24 bits per heavy atom. The maximum absolute atomic E-state index is 6.67. The number of nitrogens with zero attached hydrogens (tertiary/aromatic N) is 2. The number of nitrogens with two attached hydrogens (primary N) is 1. The van der Waals surface area contributed by atoms with Crippen LogP contribution in [-0.2, 0) is 0 Å².